The SMILES string of the molecule is COc1ccccc1-n1c(SCC(=O)NCc2ccco2)nnc1-c1ccccc1O. The third-order valence-electron chi connectivity index (χ3n) is 4.48. The number of carbonyl (C=O) groups is 1. The number of phenols is 1. The van der Waals surface area contributed by atoms with Crippen LogP contribution in [0.4, 0.5) is 0 Å². The first-order valence-electron chi connectivity index (χ1n) is 9.46. The van der Waals surface area contributed by atoms with E-state index >= 15 is 0 Å². The number of ether oxygens (including phenoxy) is 1. The van der Waals surface area contributed by atoms with Crippen LogP contribution in [0.1, 0.15) is 5.76 Å². The van der Waals surface area contributed by atoms with E-state index < -0.39 is 0 Å². The van der Waals surface area contributed by atoms with E-state index in [0.717, 1.165) is 0 Å². The van der Waals surface area contributed by atoms with Crippen LogP contribution < -0.4 is 10.1 Å². The molecule has 0 radical (unpaired) electrons. The van der Waals surface area contributed by atoms with Gasteiger partial charge < -0.3 is 19.6 Å². The standard InChI is InChI=1S/C22H20N4O4S/c1-29-19-11-5-3-9-17(19)26-21(16-8-2-4-10-18(16)27)24-25-22(26)31-14-20(28)23-13-15-7-6-12-30-15/h2-12,27H,13-14H2,1H3,(H,23,28). The number of aromatic nitrogens is 3. The van der Waals surface area contributed by atoms with Gasteiger partial charge in [-0.2, -0.15) is 0 Å². The van der Waals surface area contributed by atoms with Gasteiger partial charge >= 0.3 is 0 Å². The Bertz CT molecular complexity index is 1170. The fourth-order valence-electron chi connectivity index (χ4n) is 3.01. The number of hydrogen-bond donors (Lipinski definition) is 2. The minimum atomic E-state index is -0.167. The highest BCUT2D eigenvalue weighted by Crippen LogP contribution is 2.35. The summed E-state index contributed by atoms with van der Waals surface area (Å²) in [4.78, 5) is 12.3. The minimum Gasteiger partial charge on any atom is -0.507 e. The number of benzene rings is 2. The molecule has 1 amide bonds. The second kappa shape index (κ2) is 9.40. The fourth-order valence-corrected chi connectivity index (χ4v) is 3.79. The molecule has 0 aliphatic heterocycles. The Kier molecular flexibility index (Phi) is 6.23. The van der Waals surface area contributed by atoms with Gasteiger partial charge in [-0.25, -0.2) is 0 Å². The first kappa shape index (κ1) is 20.5. The van der Waals surface area contributed by atoms with E-state index in [4.69, 9.17) is 9.15 Å². The Hall–Kier alpha value is -3.72. The van der Waals surface area contributed by atoms with Gasteiger partial charge in [0.1, 0.15) is 17.3 Å². The van der Waals surface area contributed by atoms with Gasteiger partial charge in [-0.05, 0) is 36.4 Å². The number of hydrogen-bond acceptors (Lipinski definition) is 7. The minimum absolute atomic E-state index is 0.0822. The molecule has 31 heavy (non-hydrogen) atoms. The van der Waals surface area contributed by atoms with Crippen molar-refractivity contribution in [3.63, 3.8) is 0 Å². The van der Waals surface area contributed by atoms with Crippen LogP contribution in [0, 0.1) is 0 Å². The molecule has 0 saturated carbocycles. The number of para-hydroxylation sites is 3. The molecule has 2 aromatic carbocycles. The number of nitrogens with zero attached hydrogens (tertiary/aromatic N) is 3. The number of methoxy groups -OCH3 is 1. The summed E-state index contributed by atoms with van der Waals surface area (Å²) < 4.78 is 12.5. The van der Waals surface area contributed by atoms with Gasteiger partial charge in [0, 0.05) is 0 Å². The lowest BCUT2D eigenvalue weighted by molar-refractivity contribution is -0.118. The number of rotatable bonds is 8. The van der Waals surface area contributed by atoms with Crippen LogP contribution in [0.2, 0.25) is 0 Å². The van der Waals surface area contributed by atoms with Crippen molar-refractivity contribution in [3.05, 3.63) is 72.7 Å². The Morgan fingerprint density at radius 3 is 2.71 bits per heavy atom. The monoisotopic (exact) mass is 436 g/mol. The van der Waals surface area contributed by atoms with E-state index in [1.165, 1.54) is 11.8 Å². The molecule has 0 aliphatic carbocycles. The van der Waals surface area contributed by atoms with Crippen LogP contribution >= 0.6 is 11.8 Å². The molecule has 4 rings (SSSR count). The molecule has 0 fully saturated rings. The number of phenolic OH excluding ortho intramolecular Hbond substituents is 1. The molecule has 0 spiro atoms. The molecule has 0 bridgehead atoms. The van der Waals surface area contributed by atoms with Crippen LogP contribution in [0.5, 0.6) is 11.5 Å². The molecule has 8 nitrogen and oxygen atoms in total. The molecular weight excluding hydrogens is 416 g/mol. The largest absolute Gasteiger partial charge is 0.507 e. The van der Waals surface area contributed by atoms with Crippen LogP contribution in [0.3, 0.4) is 0 Å². The van der Waals surface area contributed by atoms with Gasteiger partial charge in [0.25, 0.3) is 0 Å². The topological polar surface area (TPSA) is 102 Å². The molecular formula is C22H20N4O4S. The van der Waals surface area contributed by atoms with Gasteiger partial charge in [-0.1, -0.05) is 36.0 Å². The van der Waals surface area contributed by atoms with Gasteiger partial charge in [-0.3, -0.25) is 9.36 Å². The normalized spacial score (nSPS) is 10.7. The average molecular weight is 436 g/mol. The lowest BCUT2D eigenvalue weighted by atomic mass is 10.2. The van der Waals surface area contributed by atoms with E-state index in [2.05, 4.69) is 15.5 Å². The average Bonchev–Trinajstić information content (AvgIpc) is 3.46. The summed E-state index contributed by atoms with van der Waals surface area (Å²) in [6, 6.07) is 17.9. The molecule has 158 valence electrons. The summed E-state index contributed by atoms with van der Waals surface area (Å²) in [5.74, 6) is 1.79. The summed E-state index contributed by atoms with van der Waals surface area (Å²) in [7, 11) is 1.58. The molecule has 0 aliphatic rings. The van der Waals surface area contributed by atoms with Gasteiger partial charge in [0.05, 0.1) is 36.9 Å². The Morgan fingerprint density at radius 2 is 1.94 bits per heavy atom. The molecule has 0 unspecified atom stereocenters. The summed E-state index contributed by atoms with van der Waals surface area (Å²) in [6.45, 7) is 0.314. The van der Waals surface area contributed by atoms with Crippen LogP contribution in [0.15, 0.2) is 76.5 Å². The first-order chi connectivity index (χ1) is 15.2. The Labute approximate surface area is 182 Å². The van der Waals surface area contributed by atoms with E-state index in [1.54, 1.807) is 48.3 Å². The second-order valence-corrected chi connectivity index (χ2v) is 7.42. The van der Waals surface area contributed by atoms with E-state index in [-0.39, 0.29) is 17.4 Å². The van der Waals surface area contributed by atoms with Crippen molar-refractivity contribution in [3.8, 4) is 28.6 Å². The highest BCUT2D eigenvalue weighted by molar-refractivity contribution is 7.99. The summed E-state index contributed by atoms with van der Waals surface area (Å²) in [5, 5.41) is 22.2. The summed E-state index contributed by atoms with van der Waals surface area (Å²) >= 11 is 1.24. The Balaban J connectivity index is 1.63. The third kappa shape index (κ3) is 4.56. The van der Waals surface area contributed by atoms with Gasteiger partial charge in [0.2, 0.25) is 5.91 Å². The van der Waals surface area contributed by atoms with Crippen LogP contribution in [0.25, 0.3) is 17.1 Å². The molecule has 0 atom stereocenters. The van der Waals surface area contributed by atoms with Crippen molar-refractivity contribution in [1.82, 2.24) is 20.1 Å². The van der Waals surface area contributed by atoms with E-state index in [0.29, 0.717) is 40.3 Å². The van der Waals surface area contributed by atoms with Crippen molar-refractivity contribution >= 4 is 17.7 Å². The maximum Gasteiger partial charge on any atom is 0.230 e. The third-order valence-corrected chi connectivity index (χ3v) is 5.41. The van der Waals surface area contributed by atoms with Gasteiger partial charge in [0.15, 0.2) is 11.0 Å². The number of nitrogens with one attached hydrogen (secondary N) is 1. The van der Waals surface area contributed by atoms with Crippen molar-refractivity contribution in [2.75, 3.05) is 12.9 Å². The highest BCUT2D eigenvalue weighted by atomic mass is 32.2. The maximum atomic E-state index is 12.3. The zero-order valence-electron chi connectivity index (χ0n) is 16.7. The van der Waals surface area contributed by atoms with Crippen molar-refractivity contribution in [2.24, 2.45) is 0 Å². The number of thioether (sulfide) groups is 1. The lowest BCUT2D eigenvalue weighted by Gasteiger charge is -2.14. The predicted octanol–water partition coefficient (Wildman–Crippen LogP) is 3.65. The fraction of sp³-hybridized carbons (Fsp3) is 0.136. The second-order valence-electron chi connectivity index (χ2n) is 6.48. The zero-order valence-corrected chi connectivity index (χ0v) is 17.5. The van der Waals surface area contributed by atoms with Crippen LogP contribution in [-0.4, -0.2) is 38.6 Å². The first-order valence-corrected chi connectivity index (χ1v) is 10.4. The summed E-state index contributed by atoms with van der Waals surface area (Å²) in [6.07, 6.45) is 1.56. The van der Waals surface area contributed by atoms with Crippen LogP contribution in [-0.2, 0) is 11.3 Å². The summed E-state index contributed by atoms with van der Waals surface area (Å²) in [5.41, 5.74) is 1.22. The molecule has 2 aromatic heterocycles. The van der Waals surface area contributed by atoms with Gasteiger partial charge in [-0.15, -0.1) is 10.2 Å². The zero-order chi connectivity index (χ0) is 21.6. The number of aromatic hydroxyl groups is 1. The smallest absolute Gasteiger partial charge is 0.230 e. The maximum absolute atomic E-state index is 12.3. The van der Waals surface area contributed by atoms with E-state index in [1.807, 2.05) is 30.3 Å². The number of amides is 1. The molecule has 9 heteroatoms. The van der Waals surface area contributed by atoms with Crippen molar-refractivity contribution in [1.29, 1.82) is 0 Å². The van der Waals surface area contributed by atoms with E-state index in [9.17, 15) is 9.90 Å². The van der Waals surface area contributed by atoms with Crippen molar-refractivity contribution < 1.29 is 19.1 Å². The highest BCUT2D eigenvalue weighted by Gasteiger charge is 2.21. The molecule has 2 N–H and O–H groups in total. The van der Waals surface area contributed by atoms with Crippen molar-refractivity contribution in [2.45, 2.75) is 11.7 Å². The Morgan fingerprint density at radius 1 is 1.13 bits per heavy atom. The predicted molar refractivity (Wildman–Crippen MR) is 116 cm³/mol. The molecule has 0 saturated heterocycles. The molecule has 2 heterocycles. The quantitative estimate of drug-likeness (QED) is 0.407. The lowest BCUT2D eigenvalue weighted by Crippen LogP contribution is -2.24. The molecule has 4 aromatic rings. The number of carbonyl (C=O) groups excluding carboxylic acids is 1. The number of furan rings is 1.